The molecule has 0 aliphatic heterocycles. The van der Waals surface area contributed by atoms with Crippen LogP contribution in [-0.2, 0) is 28.6 Å². The molecule has 1 atom stereocenters. The highest BCUT2D eigenvalue weighted by atomic mass is 16.6. The number of rotatable bonds is 62. The van der Waals surface area contributed by atoms with Gasteiger partial charge in [-0.25, -0.2) is 0 Å². The smallest absolute Gasteiger partial charge is 0.306 e. The summed E-state index contributed by atoms with van der Waals surface area (Å²) in [6, 6.07) is 0. The molecule has 74 heavy (non-hydrogen) atoms. The number of carbonyl (C=O) groups is 3. The first-order valence-corrected chi connectivity index (χ1v) is 33.3. The average molecular weight is 1040 g/mol. The maximum absolute atomic E-state index is 12.9. The van der Waals surface area contributed by atoms with Crippen LogP contribution in [0.1, 0.15) is 374 Å². The number of hydrogen-bond acceptors (Lipinski definition) is 6. The Morgan fingerprint density at radius 3 is 0.716 bits per heavy atom. The van der Waals surface area contributed by atoms with Crippen LogP contribution in [0, 0.1) is 0 Å². The van der Waals surface area contributed by atoms with Gasteiger partial charge in [0.1, 0.15) is 13.2 Å². The fourth-order valence-corrected chi connectivity index (χ4v) is 10.1. The van der Waals surface area contributed by atoms with Crippen molar-refractivity contribution in [1.82, 2.24) is 0 Å². The van der Waals surface area contributed by atoms with Gasteiger partial charge < -0.3 is 14.2 Å². The molecule has 0 aromatic rings. The molecule has 0 rings (SSSR count). The first-order valence-electron chi connectivity index (χ1n) is 33.3. The molecule has 0 fully saturated rings. The molecule has 0 bridgehead atoms. The molecule has 0 heterocycles. The molecule has 0 N–H and O–H groups in total. The highest BCUT2D eigenvalue weighted by Gasteiger charge is 2.19. The fraction of sp³-hybridized carbons (Fsp3) is 0.897. The zero-order valence-electron chi connectivity index (χ0n) is 50.1. The third-order valence-corrected chi connectivity index (χ3v) is 15.2. The molecule has 0 aromatic carbocycles. The molecule has 0 aromatic heterocycles. The number of hydrogen-bond donors (Lipinski definition) is 0. The molecule has 436 valence electrons. The molecule has 0 saturated heterocycles. The second-order valence-corrected chi connectivity index (χ2v) is 22.7. The molecular formula is C68H128O6. The third kappa shape index (κ3) is 60.8. The SMILES string of the molecule is CCCC/C=C\CCCCCCCC(=O)OCC(COC(=O)CCCCCCCCCCCCCCCCCCCCCCCCCCCCCC)OC(=O)CCCCCCCCC/C=C\CCCCCCCC. The number of ether oxygens (including phenoxy) is 3. The average Bonchev–Trinajstić information content (AvgIpc) is 3.40. The minimum atomic E-state index is -0.774. The van der Waals surface area contributed by atoms with E-state index in [1.165, 1.54) is 270 Å². The van der Waals surface area contributed by atoms with Crippen LogP contribution in [0.15, 0.2) is 24.3 Å². The Labute approximate surface area is 462 Å². The van der Waals surface area contributed by atoms with Gasteiger partial charge in [-0.3, -0.25) is 14.4 Å². The quantitative estimate of drug-likeness (QED) is 0.0261. The number of esters is 3. The van der Waals surface area contributed by atoms with E-state index in [1.807, 2.05) is 0 Å². The van der Waals surface area contributed by atoms with Crippen molar-refractivity contribution >= 4 is 17.9 Å². The summed E-state index contributed by atoms with van der Waals surface area (Å²) in [6.07, 6.45) is 76.4. The van der Waals surface area contributed by atoms with E-state index in [4.69, 9.17) is 14.2 Å². The second kappa shape index (κ2) is 63.4. The number of allylic oxidation sites excluding steroid dienone is 4. The molecule has 0 amide bonds. The van der Waals surface area contributed by atoms with Crippen molar-refractivity contribution in [3.63, 3.8) is 0 Å². The van der Waals surface area contributed by atoms with Crippen molar-refractivity contribution in [3.8, 4) is 0 Å². The Bertz CT molecular complexity index is 1190. The van der Waals surface area contributed by atoms with Crippen LogP contribution in [0.25, 0.3) is 0 Å². The number of unbranched alkanes of at least 4 members (excludes halogenated alkanes) is 47. The van der Waals surface area contributed by atoms with Gasteiger partial charge in [0.15, 0.2) is 6.10 Å². The number of carbonyl (C=O) groups excluding carboxylic acids is 3. The van der Waals surface area contributed by atoms with Crippen LogP contribution < -0.4 is 0 Å². The van der Waals surface area contributed by atoms with E-state index in [1.54, 1.807) is 0 Å². The summed E-state index contributed by atoms with van der Waals surface area (Å²) < 4.78 is 16.9. The van der Waals surface area contributed by atoms with Crippen molar-refractivity contribution in [1.29, 1.82) is 0 Å². The molecule has 0 aliphatic carbocycles. The van der Waals surface area contributed by atoms with E-state index in [0.717, 1.165) is 64.2 Å². The first-order chi connectivity index (χ1) is 36.5. The van der Waals surface area contributed by atoms with Crippen LogP contribution in [0.4, 0.5) is 0 Å². The van der Waals surface area contributed by atoms with Crippen LogP contribution in [0.2, 0.25) is 0 Å². The Balaban J connectivity index is 4.13. The summed E-state index contributed by atoms with van der Waals surface area (Å²) in [6.45, 7) is 6.65. The lowest BCUT2D eigenvalue weighted by molar-refractivity contribution is -0.167. The summed E-state index contributed by atoms with van der Waals surface area (Å²) in [5.41, 5.74) is 0. The Morgan fingerprint density at radius 2 is 0.459 bits per heavy atom. The first kappa shape index (κ1) is 71.9. The van der Waals surface area contributed by atoms with Crippen LogP contribution in [-0.4, -0.2) is 37.2 Å². The standard InChI is InChI=1S/C68H128O6/c1-4-7-10-13-16-19-22-24-26-28-29-30-31-32-33-34-35-36-37-38-40-41-43-46-49-52-55-58-61-67(70)73-64-65(63-72-66(69)60-57-54-51-48-45-21-18-15-12-9-6-3)74-68(71)62-59-56-53-50-47-44-42-39-27-25-23-20-17-14-11-8-5-2/h15,18,25,27,65H,4-14,16-17,19-24,26,28-64H2,1-3H3/b18-15-,27-25-. The maximum atomic E-state index is 12.9. The zero-order valence-corrected chi connectivity index (χ0v) is 50.1. The Morgan fingerprint density at radius 1 is 0.257 bits per heavy atom. The minimum absolute atomic E-state index is 0.0709. The van der Waals surface area contributed by atoms with E-state index < -0.39 is 6.10 Å². The van der Waals surface area contributed by atoms with Crippen LogP contribution in [0.5, 0.6) is 0 Å². The van der Waals surface area contributed by atoms with Crippen molar-refractivity contribution in [2.45, 2.75) is 380 Å². The molecule has 1 unspecified atom stereocenters. The predicted octanol–water partition coefficient (Wildman–Crippen LogP) is 22.6. The zero-order chi connectivity index (χ0) is 53.6. The third-order valence-electron chi connectivity index (χ3n) is 15.2. The molecule has 0 radical (unpaired) electrons. The van der Waals surface area contributed by atoms with E-state index in [9.17, 15) is 14.4 Å². The molecule has 6 heteroatoms. The monoisotopic (exact) mass is 1040 g/mol. The predicted molar refractivity (Wildman–Crippen MR) is 321 cm³/mol. The van der Waals surface area contributed by atoms with E-state index in [2.05, 4.69) is 45.1 Å². The summed E-state index contributed by atoms with van der Waals surface area (Å²) >= 11 is 0. The van der Waals surface area contributed by atoms with Gasteiger partial charge in [0, 0.05) is 19.3 Å². The summed E-state index contributed by atoms with van der Waals surface area (Å²) in [5.74, 6) is -0.861. The lowest BCUT2D eigenvalue weighted by Gasteiger charge is -2.18. The molecule has 0 saturated carbocycles. The van der Waals surface area contributed by atoms with Gasteiger partial charge in [0.25, 0.3) is 0 Å². The second-order valence-electron chi connectivity index (χ2n) is 22.7. The van der Waals surface area contributed by atoms with Gasteiger partial charge in [0.2, 0.25) is 0 Å². The van der Waals surface area contributed by atoms with E-state index in [0.29, 0.717) is 19.3 Å². The lowest BCUT2D eigenvalue weighted by Crippen LogP contribution is -2.30. The van der Waals surface area contributed by atoms with Crippen molar-refractivity contribution in [2.75, 3.05) is 13.2 Å². The highest BCUT2D eigenvalue weighted by molar-refractivity contribution is 5.71. The topological polar surface area (TPSA) is 78.9 Å². The Hall–Kier alpha value is -2.11. The highest BCUT2D eigenvalue weighted by Crippen LogP contribution is 2.18. The van der Waals surface area contributed by atoms with E-state index in [-0.39, 0.29) is 31.1 Å². The molecule has 0 aliphatic rings. The van der Waals surface area contributed by atoms with Crippen LogP contribution in [0.3, 0.4) is 0 Å². The van der Waals surface area contributed by atoms with Gasteiger partial charge in [-0.1, -0.05) is 315 Å². The largest absolute Gasteiger partial charge is 0.462 e. The Kier molecular flexibility index (Phi) is 61.6. The van der Waals surface area contributed by atoms with Crippen molar-refractivity contribution in [3.05, 3.63) is 24.3 Å². The fourth-order valence-electron chi connectivity index (χ4n) is 10.1. The van der Waals surface area contributed by atoms with Gasteiger partial charge >= 0.3 is 17.9 Å². The molecular weight excluding hydrogens is 913 g/mol. The van der Waals surface area contributed by atoms with Gasteiger partial charge in [0.05, 0.1) is 0 Å². The maximum Gasteiger partial charge on any atom is 0.306 e. The normalized spacial score (nSPS) is 12.1. The van der Waals surface area contributed by atoms with Crippen molar-refractivity contribution < 1.29 is 28.6 Å². The van der Waals surface area contributed by atoms with Crippen molar-refractivity contribution in [2.24, 2.45) is 0 Å². The van der Waals surface area contributed by atoms with Gasteiger partial charge in [-0.2, -0.15) is 0 Å². The van der Waals surface area contributed by atoms with E-state index >= 15 is 0 Å². The molecule has 0 spiro atoms. The van der Waals surface area contributed by atoms with Crippen LogP contribution >= 0.6 is 0 Å². The lowest BCUT2D eigenvalue weighted by atomic mass is 10.0. The summed E-state index contributed by atoms with van der Waals surface area (Å²) in [7, 11) is 0. The van der Waals surface area contributed by atoms with Gasteiger partial charge in [-0.05, 0) is 64.2 Å². The minimum Gasteiger partial charge on any atom is -0.462 e. The van der Waals surface area contributed by atoms with Gasteiger partial charge in [-0.15, -0.1) is 0 Å². The molecule has 6 nitrogen and oxygen atoms in total. The summed E-state index contributed by atoms with van der Waals surface area (Å²) in [4.78, 5) is 38.2. The summed E-state index contributed by atoms with van der Waals surface area (Å²) in [5, 5.41) is 0.